The Bertz CT molecular complexity index is 664. The average Bonchev–Trinajstić information content (AvgIpc) is 2.84. The average molecular weight is 359 g/mol. The van der Waals surface area contributed by atoms with E-state index in [9.17, 15) is 9.59 Å². The van der Waals surface area contributed by atoms with Gasteiger partial charge in [-0.2, -0.15) is 0 Å². The van der Waals surface area contributed by atoms with Crippen molar-refractivity contribution in [2.45, 2.75) is 79.2 Å². The Kier molecular flexibility index (Phi) is 4.17. The number of allylic oxidation sites excluding steroid dienone is 1. The second kappa shape index (κ2) is 5.94. The minimum Gasteiger partial charge on any atom is -0.462 e. The van der Waals surface area contributed by atoms with Gasteiger partial charge in [0.25, 0.3) is 0 Å². The summed E-state index contributed by atoms with van der Waals surface area (Å²) < 4.78 is 5.80. The molecule has 3 heteroatoms. The normalized spacial score (nSPS) is 50.3. The first-order chi connectivity index (χ1) is 12.2. The summed E-state index contributed by atoms with van der Waals surface area (Å²) in [5.41, 5.74) is 1.72. The van der Waals surface area contributed by atoms with Crippen LogP contribution in [0.1, 0.15) is 73.1 Å². The molecule has 0 amide bonds. The quantitative estimate of drug-likeness (QED) is 0.623. The van der Waals surface area contributed by atoms with Crippen LogP contribution < -0.4 is 0 Å². The zero-order chi connectivity index (χ0) is 18.9. The lowest BCUT2D eigenvalue weighted by Crippen LogP contribution is -2.57. The van der Waals surface area contributed by atoms with Crippen LogP contribution in [0.15, 0.2) is 11.6 Å². The molecule has 0 saturated heterocycles. The minimum absolute atomic E-state index is 0.0817. The molecule has 0 aliphatic heterocycles. The van der Waals surface area contributed by atoms with E-state index < -0.39 is 0 Å². The predicted molar refractivity (Wildman–Crippen MR) is 101 cm³/mol. The molecule has 3 fully saturated rings. The molecule has 0 radical (unpaired) electrons. The number of ketones is 1. The highest BCUT2D eigenvalue weighted by Gasteiger charge is 2.63. The summed E-state index contributed by atoms with van der Waals surface area (Å²) >= 11 is 0. The van der Waals surface area contributed by atoms with Crippen molar-refractivity contribution in [2.75, 3.05) is 0 Å². The van der Waals surface area contributed by atoms with Crippen molar-refractivity contribution < 1.29 is 14.3 Å². The number of hydrogen-bond acceptors (Lipinski definition) is 3. The van der Waals surface area contributed by atoms with Crippen molar-refractivity contribution in [1.29, 1.82) is 0 Å². The minimum atomic E-state index is -0.133. The summed E-state index contributed by atoms with van der Waals surface area (Å²) in [6.07, 6.45) is 8.21. The van der Waals surface area contributed by atoms with Gasteiger partial charge in [-0.3, -0.25) is 9.59 Å². The van der Waals surface area contributed by atoms with E-state index in [0.29, 0.717) is 41.8 Å². The van der Waals surface area contributed by atoms with Crippen LogP contribution in [0, 0.1) is 40.4 Å². The molecular formula is C23H34O3. The highest BCUT2D eigenvalue weighted by atomic mass is 16.5. The van der Waals surface area contributed by atoms with E-state index in [1.807, 2.05) is 6.08 Å². The molecule has 0 N–H and O–H groups in total. The van der Waals surface area contributed by atoms with E-state index >= 15 is 0 Å². The Morgan fingerprint density at radius 2 is 1.92 bits per heavy atom. The molecule has 4 aliphatic rings. The maximum absolute atomic E-state index is 12.1. The van der Waals surface area contributed by atoms with Gasteiger partial charge in [0.2, 0.25) is 0 Å². The van der Waals surface area contributed by atoms with Gasteiger partial charge >= 0.3 is 5.97 Å². The molecule has 3 nitrogen and oxygen atoms in total. The van der Waals surface area contributed by atoms with Crippen molar-refractivity contribution in [1.82, 2.24) is 0 Å². The summed E-state index contributed by atoms with van der Waals surface area (Å²) in [5.74, 6) is 3.37. The zero-order valence-electron chi connectivity index (χ0n) is 17.0. The lowest BCUT2D eigenvalue weighted by atomic mass is 9.43. The topological polar surface area (TPSA) is 43.4 Å². The molecule has 4 aliphatic carbocycles. The maximum atomic E-state index is 12.1. The van der Waals surface area contributed by atoms with Crippen molar-refractivity contribution in [3.05, 3.63) is 11.6 Å². The second-order valence-corrected chi connectivity index (χ2v) is 10.3. The molecule has 144 valence electrons. The first-order valence-electron chi connectivity index (χ1n) is 10.6. The Morgan fingerprint density at radius 3 is 2.62 bits per heavy atom. The molecule has 0 aromatic heterocycles. The van der Waals surface area contributed by atoms with Crippen LogP contribution in [0.3, 0.4) is 0 Å². The summed E-state index contributed by atoms with van der Waals surface area (Å²) in [4.78, 5) is 23.7. The third-order valence-corrected chi connectivity index (χ3v) is 8.78. The van der Waals surface area contributed by atoms with Gasteiger partial charge in [0.15, 0.2) is 5.78 Å². The van der Waals surface area contributed by atoms with Crippen molar-refractivity contribution in [3.63, 3.8) is 0 Å². The molecule has 4 rings (SSSR count). The molecule has 0 aromatic rings. The fraction of sp³-hybridized carbons (Fsp3) is 0.826. The molecule has 8 atom stereocenters. The summed E-state index contributed by atoms with van der Waals surface area (Å²) in [6.45, 7) is 11.2. The molecule has 0 bridgehead atoms. The van der Waals surface area contributed by atoms with Crippen molar-refractivity contribution in [2.24, 2.45) is 40.4 Å². The lowest BCUT2D eigenvalue weighted by molar-refractivity contribution is -0.163. The fourth-order valence-electron chi connectivity index (χ4n) is 7.92. The number of hydrogen-bond donors (Lipinski definition) is 0. The lowest BCUT2D eigenvalue weighted by Gasteiger charge is -2.62. The molecule has 3 saturated carbocycles. The molecular weight excluding hydrogens is 324 g/mol. The summed E-state index contributed by atoms with van der Waals surface area (Å²) in [7, 11) is 0. The van der Waals surface area contributed by atoms with Crippen LogP contribution in [0.25, 0.3) is 0 Å². The molecule has 26 heavy (non-hydrogen) atoms. The van der Waals surface area contributed by atoms with Gasteiger partial charge in [-0.1, -0.05) is 33.3 Å². The Hall–Kier alpha value is -1.12. The third-order valence-electron chi connectivity index (χ3n) is 8.78. The van der Waals surface area contributed by atoms with Crippen LogP contribution in [-0.2, 0) is 14.3 Å². The summed E-state index contributed by atoms with van der Waals surface area (Å²) in [5, 5.41) is 0. The first kappa shape index (κ1) is 18.3. The first-order valence-corrected chi connectivity index (χ1v) is 10.6. The van der Waals surface area contributed by atoms with E-state index in [1.54, 1.807) is 6.92 Å². The van der Waals surface area contributed by atoms with Gasteiger partial charge in [-0.05, 0) is 73.2 Å². The highest BCUT2D eigenvalue weighted by molar-refractivity contribution is 5.91. The Labute approximate surface area is 157 Å². The van der Waals surface area contributed by atoms with E-state index in [1.165, 1.54) is 12.0 Å². The smallest absolute Gasteiger partial charge is 0.302 e. The monoisotopic (exact) mass is 358 g/mol. The van der Waals surface area contributed by atoms with E-state index in [0.717, 1.165) is 25.7 Å². The molecule has 3 unspecified atom stereocenters. The molecule has 0 heterocycles. The number of rotatable bonds is 1. The van der Waals surface area contributed by atoms with Gasteiger partial charge < -0.3 is 4.74 Å². The standard InChI is InChI=1S/C23H34O3/c1-13-10-16-11-17(25)8-9-22(16,4)21-14(2)12-23(5)18(20(13)21)6-7-19(23)26-15(3)24/h11,13-14,18-21H,6-10,12H2,1-5H3/t13-,14+,18?,19+,20?,21?,22+,23+/m1/s1. The summed E-state index contributed by atoms with van der Waals surface area (Å²) in [6, 6.07) is 0. The maximum Gasteiger partial charge on any atom is 0.302 e. The van der Waals surface area contributed by atoms with Gasteiger partial charge in [0, 0.05) is 18.8 Å². The van der Waals surface area contributed by atoms with Crippen LogP contribution in [0.2, 0.25) is 0 Å². The Morgan fingerprint density at radius 1 is 1.19 bits per heavy atom. The fourth-order valence-corrected chi connectivity index (χ4v) is 7.92. The van der Waals surface area contributed by atoms with Gasteiger partial charge in [0.1, 0.15) is 6.10 Å². The van der Waals surface area contributed by atoms with Crippen LogP contribution >= 0.6 is 0 Å². The number of carbonyl (C=O) groups excluding carboxylic acids is 2. The van der Waals surface area contributed by atoms with Crippen LogP contribution in [0.4, 0.5) is 0 Å². The van der Waals surface area contributed by atoms with Gasteiger partial charge in [-0.25, -0.2) is 0 Å². The van der Waals surface area contributed by atoms with E-state index in [2.05, 4.69) is 27.7 Å². The highest BCUT2D eigenvalue weighted by Crippen LogP contribution is 2.68. The molecule has 0 spiro atoms. The predicted octanol–water partition coefficient (Wildman–Crippen LogP) is 4.94. The van der Waals surface area contributed by atoms with E-state index in [-0.39, 0.29) is 22.9 Å². The number of carbonyl (C=O) groups is 2. The van der Waals surface area contributed by atoms with E-state index in [4.69, 9.17) is 4.74 Å². The number of ether oxygens (including phenoxy) is 1. The number of fused-ring (bicyclic) bond motifs is 5. The molecule has 0 aromatic carbocycles. The third kappa shape index (κ3) is 2.45. The van der Waals surface area contributed by atoms with Crippen LogP contribution in [0.5, 0.6) is 0 Å². The Balaban J connectivity index is 1.72. The largest absolute Gasteiger partial charge is 0.462 e. The van der Waals surface area contributed by atoms with Gasteiger partial charge in [0.05, 0.1) is 0 Å². The second-order valence-electron chi connectivity index (χ2n) is 10.3. The van der Waals surface area contributed by atoms with Crippen molar-refractivity contribution >= 4 is 11.8 Å². The van der Waals surface area contributed by atoms with Crippen LogP contribution in [-0.4, -0.2) is 17.9 Å². The van der Waals surface area contributed by atoms with Crippen molar-refractivity contribution in [3.8, 4) is 0 Å². The number of esters is 1. The SMILES string of the molecule is CC(=O)O[C@H]1CCC2C3C([C@@H](C)C[C@@]21C)[C@@]1(C)CCC(=O)C=C1C[C@H]3C. The zero-order valence-corrected chi connectivity index (χ0v) is 17.0. The van der Waals surface area contributed by atoms with Gasteiger partial charge in [-0.15, -0.1) is 0 Å².